The highest BCUT2D eigenvalue weighted by atomic mass is 16.6. The highest BCUT2D eigenvalue weighted by Gasteiger charge is 2.36. The second kappa shape index (κ2) is 17.5. The van der Waals surface area contributed by atoms with E-state index in [0.29, 0.717) is 12.1 Å². The van der Waals surface area contributed by atoms with E-state index >= 15 is 0 Å². The van der Waals surface area contributed by atoms with Crippen molar-refractivity contribution in [1.82, 2.24) is 10.2 Å². The van der Waals surface area contributed by atoms with Crippen molar-refractivity contribution in [1.29, 1.82) is 0 Å². The maximum absolute atomic E-state index is 14.8. The van der Waals surface area contributed by atoms with Gasteiger partial charge in [-0.2, -0.15) is 0 Å². The maximum Gasteiger partial charge on any atom is 0.408 e. The number of carbonyl (C=O) groups is 3. The smallest absolute Gasteiger partial charge is 0.408 e. The molecule has 3 aromatic rings. The number of alkyl carbamates (subject to hydrolysis) is 1. The molecule has 2 atom stereocenters. The molecule has 46 heavy (non-hydrogen) atoms. The Morgan fingerprint density at radius 2 is 1.39 bits per heavy atom. The van der Waals surface area contributed by atoms with E-state index in [1.807, 2.05) is 93.6 Å². The minimum absolute atomic E-state index is 0.255. The van der Waals surface area contributed by atoms with Crippen LogP contribution in [0.15, 0.2) is 72.8 Å². The Labute approximate surface area is 276 Å². The Morgan fingerprint density at radius 3 is 2.00 bits per heavy atom. The summed E-state index contributed by atoms with van der Waals surface area (Å²) < 4.78 is 5.58. The van der Waals surface area contributed by atoms with E-state index in [9.17, 15) is 14.4 Å². The summed E-state index contributed by atoms with van der Waals surface area (Å²) in [4.78, 5) is 43.9. The molecule has 2 unspecified atom stereocenters. The zero-order chi connectivity index (χ0) is 33.7. The molecule has 0 saturated heterocycles. The van der Waals surface area contributed by atoms with Crippen molar-refractivity contribution in [2.45, 2.75) is 111 Å². The van der Waals surface area contributed by atoms with E-state index < -0.39 is 23.8 Å². The lowest BCUT2D eigenvalue weighted by molar-refractivity contribution is -0.140. The molecule has 248 valence electrons. The molecule has 0 spiro atoms. The number of anilines is 1. The fourth-order valence-corrected chi connectivity index (χ4v) is 5.55. The van der Waals surface area contributed by atoms with E-state index in [-0.39, 0.29) is 18.2 Å². The van der Waals surface area contributed by atoms with Gasteiger partial charge >= 0.3 is 6.09 Å². The van der Waals surface area contributed by atoms with Crippen LogP contribution in [0.1, 0.15) is 100 Å². The number of para-hydroxylation sites is 1. The van der Waals surface area contributed by atoms with Gasteiger partial charge in [-0.1, -0.05) is 117 Å². The van der Waals surface area contributed by atoms with E-state index in [2.05, 4.69) is 17.6 Å². The molecular formula is C39H53N3O4. The van der Waals surface area contributed by atoms with Crippen LogP contribution < -0.4 is 10.6 Å². The fraction of sp³-hybridized carbons (Fsp3) is 0.462. The van der Waals surface area contributed by atoms with Crippen LogP contribution in [-0.4, -0.2) is 41.0 Å². The number of aryl methyl sites for hydroxylation is 3. The highest BCUT2D eigenvalue weighted by molar-refractivity contribution is 6.00. The molecule has 0 aromatic heterocycles. The number of benzene rings is 3. The van der Waals surface area contributed by atoms with Crippen LogP contribution in [-0.2, 0) is 20.7 Å². The molecule has 0 radical (unpaired) electrons. The number of carbonyl (C=O) groups excluding carboxylic acids is 3. The Balaban J connectivity index is 2.06. The zero-order valence-electron chi connectivity index (χ0n) is 28.8. The summed E-state index contributed by atoms with van der Waals surface area (Å²) >= 11 is 0. The summed E-state index contributed by atoms with van der Waals surface area (Å²) in [5, 5.41) is 6.02. The van der Waals surface area contributed by atoms with Crippen LogP contribution in [0.3, 0.4) is 0 Å². The van der Waals surface area contributed by atoms with Gasteiger partial charge in [0.1, 0.15) is 17.7 Å². The van der Waals surface area contributed by atoms with Crippen LogP contribution >= 0.6 is 0 Å². The summed E-state index contributed by atoms with van der Waals surface area (Å²) in [7, 11) is 0. The third kappa shape index (κ3) is 11.3. The Bertz CT molecular complexity index is 1390. The third-order valence-electron chi connectivity index (χ3n) is 7.99. The zero-order valence-corrected chi connectivity index (χ0v) is 28.8. The summed E-state index contributed by atoms with van der Waals surface area (Å²) in [6.45, 7) is 13.8. The van der Waals surface area contributed by atoms with Gasteiger partial charge in [0.25, 0.3) is 5.91 Å². The number of unbranched alkanes of at least 4 members (excludes halogenated alkanes) is 5. The molecule has 0 aliphatic rings. The number of nitrogens with one attached hydrogen (secondary N) is 2. The molecule has 0 aliphatic carbocycles. The SMILES string of the molecule is CCCCCCCCN(C(=O)C(Cc1ccccc1)NC(=O)OC(C)(C)C)C(C(=O)Nc1c(C)cccc1C)c1ccc(C)cc1. The number of hydrogen-bond acceptors (Lipinski definition) is 4. The predicted molar refractivity (Wildman–Crippen MR) is 187 cm³/mol. The molecule has 2 N–H and O–H groups in total. The van der Waals surface area contributed by atoms with Crippen LogP contribution in [0.5, 0.6) is 0 Å². The summed E-state index contributed by atoms with van der Waals surface area (Å²) in [6.07, 6.45) is 5.77. The first-order valence-corrected chi connectivity index (χ1v) is 16.7. The third-order valence-corrected chi connectivity index (χ3v) is 7.99. The van der Waals surface area contributed by atoms with E-state index in [0.717, 1.165) is 60.0 Å². The first kappa shape index (κ1) is 36.3. The Kier molecular flexibility index (Phi) is 13.9. The molecule has 0 saturated carbocycles. The first-order chi connectivity index (χ1) is 21.9. The highest BCUT2D eigenvalue weighted by Crippen LogP contribution is 2.28. The van der Waals surface area contributed by atoms with Gasteiger partial charge in [0.15, 0.2) is 0 Å². The number of amides is 3. The molecule has 0 bridgehead atoms. The predicted octanol–water partition coefficient (Wildman–Crippen LogP) is 8.62. The molecule has 0 aliphatic heterocycles. The minimum atomic E-state index is -0.946. The molecule has 7 nitrogen and oxygen atoms in total. The topological polar surface area (TPSA) is 87.7 Å². The Morgan fingerprint density at radius 1 is 0.783 bits per heavy atom. The van der Waals surface area contributed by atoms with Crippen molar-refractivity contribution >= 4 is 23.6 Å². The maximum atomic E-state index is 14.8. The van der Waals surface area contributed by atoms with E-state index in [1.165, 1.54) is 6.42 Å². The largest absolute Gasteiger partial charge is 0.444 e. The monoisotopic (exact) mass is 627 g/mol. The van der Waals surface area contributed by atoms with Crippen molar-refractivity contribution < 1.29 is 19.1 Å². The van der Waals surface area contributed by atoms with E-state index in [4.69, 9.17) is 4.74 Å². The summed E-state index contributed by atoms with van der Waals surface area (Å²) in [6, 6.07) is 21.4. The van der Waals surface area contributed by atoms with Crippen molar-refractivity contribution in [2.24, 2.45) is 0 Å². The quantitative estimate of drug-likeness (QED) is 0.165. The van der Waals surface area contributed by atoms with Crippen molar-refractivity contribution in [3.8, 4) is 0 Å². The van der Waals surface area contributed by atoms with Crippen molar-refractivity contribution in [3.63, 3.8) is 0 Å². The lowest BCUT2D eigenvalue weighted by Crippen LogP contribution is -2.53. The average molecular weight is 628 g/mol. The molecule has 3 amide bonds. The number of rotatable bonds is 15. The van der Waals surface area contributed by atoms with Gasteiger partial charge in [-0.25, -0.2) is 4.79 Å². The summed E-state index contributed by atoms with van der Waals surface area (Å²) in [5.41, 5.74) is 4.55. The molecular weight excluding hydrogens is 574 g/mol. The summed E-state index contributed by atoms with van der Waals surface area (Å²) in [5.74, 6) is -0.623. The van der Waals surface area contributed by atoms with Gasteiger partial charge in [0.2, 0.25) is 5.91 Å². The molecule has 3 aromatic carbocycles. The second-order valence-corrected chi connectivity index (χ2v) is 13.3. The van der Waals surface area contributed by atoms with Gasteiger partial charge in [0.05, 0.1) is 0 Å². The van der Waals surface area contributed by atoms with Gasteiger partial charge in [-0.15, -0.1) is 0 Å². The lowest BCUT2D eigenvalue weighted by Gasteiger charge is -2.35. The lowest BCUT2D eigenvalue weighted by atomic mass is 9.98. The van der Waals surface area contributed by atoms with Gasteiger partial charge in [-0.3, -0.25) is 9.59 Å². The molecule has 0 fully saturated rings. The molecule has 7 heteroatoms. The number of ether oxygens (including phenoxy) is 1. The average Bonchev–Trinajstić information content (AvgIpc) is 3.00. The minimum Gasteiger partial charge on any atom is -0.444 e. The van der Waals surface area contributed by atoms with Crippen molar-refractivity contribution in [2.75, 3.05) is 11.9 Å². The van der Waals surface area contributed by atoms with Crippen LogP contribution in [0.2, 0.25) is 0 Å². The number of nitrogens with zero attached hydrogens (tertiary/aromatic N) is 1. The Hall–Kier alpha value is -4.13. The standard InChI is InChI=1S/C39H53N3O4/c1-8-9-10-11-12-16-26-42(37(44)33(27-31-20-14-13-15-21-31)40-38(45)46-39(5,6)7)35(32-24-22-28(2)23-25-32)36(43)41-34-29(3)18-17-19-30(34)4/h13-15,17-25,33,35H,8-12,16,26-27H2,1-7H3,(H,40,45)(H,41,43). The van der Waals surface area contributed by atoms with Crippen LogP contribution in [0, 0.1) is 20.8 Å². The molecule has 0 heterocycles. The number of hydrogen-bond donors (Lipinski definition) is 2. The van der Waals surface area contributed by atoms with Gasteiger partial charge in [-0.05, 0) is 70.2 Å². The van der Waals surface area contributed by atoms with Gasteiger partial charge < -0.3 is 20.3 Å². The van der Waals surface area contributed by atoms with Crippen LogP contribution in [0.25, 0.3) is 0 Å². The van der Waals surface area contributed by atoms with Gasteiger partial charge in [0, 0.05) is 18.7 Å². The fourth-order valence-electron chi connectivity index (χ4n) is 5.55. The second-order valence-electron chi connectivity index (χ2n) is 13.3. The van der Waals surface area contributed by atoms with E-state index in [1.54, 1.807) is 25.7 Å². The van der Waals surface area contributed by atoms with Crippen LogP contribution in [0.4, 0.5) is 10.5 Å². The van der Waals surface area contributed by atoms with Crippen molar-refractivity contribution in [3.05, 3.63) is 101 Å². The first-order valence-electron chi connectivity index (χ1n) is 16.7. The normalized spacial score (nSPS) is 12.6. The molecule has 3 rings (SSSR count).